The Hall–Kier alpha value is -2.35. The highest BCUT2D eigenvalue weighted by molar-refractivity contribution is 5.99. The number of piperazine rings is 1. The van der Waals surface area contributed by atoms with Gasteiger partial charge in [-0.2, -0.15) is 0 Å². The van der Waals surface area contributed by atoms with E-state index in [1.54, 1.807) is 29.0 Å². The fraction of sp³-hybridized carbons (Fsp3) is 0.562. The third-order valence-electron chi connectivity index (χ3n) is 5.16. The molecule has 4 heterocycles. The molecule has 0 aromatic carbocycles. The van der Waals surface area contributed by atoms with Gasteiger partial charge in [-0.15, -0.1) is 0 Å². The van der Waals surface area contributed by atoms with Gasteiger partial charge < -0.3 is 24.3 Å². The van der Waals surface area contributed by atoms with E-state index in [0.717, 1.165) is 0 Å². The molecule has 1 N–H and O–H groups in total. The minimum Gasteiger partial charge on any atom is -0.459 e. The molecule has 4 unspecified atom stereocenters. The molecule has 1 aromatic heterocycles. The number of methoxy groups -OCH3 is 1. The lowest BCUT2D eigenvalue weighted by atomic mass is 10.0. The standard InChI is InChI=1S/C16H19N3O5/c1-23-9-7-11-15(21)18-5-4-10(13(18)16(22)19(11)8-9)17-14(20)12-3-2-6-24-12/h2-3,6,9-11,13H,4-5,7-8H2,1H3,(H,17,20). The van der Waals surface area contributed by atoms with Gasteiger partial charge in [-0.3, -0.25) is 14.4 Å². The zero-order chi connectivity index (χ0) is 16.8. The van der Waals surface area contributed by atoms with Crippen LogP contribution in [0.4, 0.5) is 0 Å². The van der Waals surface area contributed by atoms with Crippen LogP contribution in [-0.4, -0.2) is 72.0 Å². The Morgan fingerprint density at radius 2 is 2.17 bits per heavy atom. The van der Waals surface area contributed by atoms with Crippen LogP contribution in [0.1, 0.15) is 23.4 Å². The molecule has 0 bridgehead atoms. The molecule has 128 valence electrons. The fourth-order valence-corrected chi connectivity index (χ4v) is 3.95. The lowest BCUT2D eigenvalue weighted by Crippen LogP contribution is -2.64. The van der Waals surface area contributed by atoms with Crippen molar-refractivity contribution in [2.45, 2.75) is 37.1 Å². The van der Waals surface area contributed by atoms with Crippen LogP contribution in [0.3, 0.4) is 0 Å². The second-order valence-corrected chi connectivity index (χ2v) is 6.42. The Labute approximate surface area is 138 Å². The maximum atomic E-state index is 12.9. The number of ether oxygens (including phenoxy) is 1. The molecule has 8 heteroatoms. The summed E-state index contributed by atoms with van der Waals surface area (Å²) in [5.74, 6) is -0.331. The highest BCUT2D eigenvalue weighted by Crippen LogP contribution is 2.33. The Morgan fingerprint density at radius 1 is 1.33 bits per heavy atom. The summed E-state index contributed by atoms with van der Waals surface area (Å²) in [5, 5.41) is 2.83. The van der Waals surface area contributed by atoms with Crippen molar-refractivity contribution in [3.8, 4) is 0 Å². The van der Waals surface area contributed by atoms with Gasteiger partial charge in [0.05, 0.1) is 18.4 Å². The average Bonchev–Trinajstić information content (AvgIpc) is 3.30. The zero-order valence-electron chi connectivity index (χ0n) is 13.3. The number of furan rings is 1. The summed E-state index contributed by atoms with van der Waals surface area (Å²) in [5.41, 5.74) is 0. The second kappa shape index (κ2) is 5.62. The molecule has 3 aliphatic heterocycles. The third kappa shape index (κ3) is 2.21. The Morgan fingerprint density at radius 3 is 2.88 bits per heavy atom. The number of rotatable bonds is 3. The SMILES string of the molecule is COC1CC2C(=O)N3CCC(NC(=O)c4ccco4)C3C(=O)N2C1. The number of nitrogens with zero attached hydrogens (tertiary/aromatic N) is 2. The number of amides is 3. The van der Waals surface area contributed by atoms with E-state index in [1.807, 2.05) is 0 Å². The molecule has 4 atom stereocenters. The van der Waals surface area contributed by atoms with Gasteiger partial charge in [-0.1, -0.05) is 0 Å². The first kappa shape index (κ1) is 15.2. The minimum absolute atomic E-state index is 0.0473. The Kier molecular flexibility index (Phi) is 3.56. The van der Waals surface area contributed by atoms with Crippen molar-refractivity contribution in [3.63, 3.8) is 0 Å². The van der Waals surface area contributed by atoms with E-state index in [-0.39, 0.29) is 29.6 Å². The van der Waals surface area contributed by atoms with Crippen LogP contribution in [0, 0.1) is 0 Å². The van der Waals surface area contributed by atoms with Gasteiger partial charge in [-0.25, -0.2) is 0 Å². The summed E-state index contributed by atoms with van der Waals surface area (Å²) in [4.78, 5) is 41.0. The summed E-state index contributed by atoms with van der Waals surface area (Å²) in [6, 6.07) is 1.73. The molecule has 8 nitrogen and oxygen atoms in total. The predicted molar refractivity (Wildman–Crippen MR) is 81.0 cm³/mol. The van der Waals surface area contributed by atoms with Crippen LogP contribution in [0.15, 0.2) is 22.8 Å². The first-order valence-electron chi connectivity index (χ1n) is 8.08. The van der Waals surface area contributed by atoms with Gasteiger partial charge in [0, 0.05) is 26.6 Å². The van der Waals surface area contributed by atoms with Crippen molar-refractivity contribution in [1.29, 1.82) is 0 Å². The van der Waals surface area contributed by atoms with Crippen molar-refractivity contribution in [3.05, 3.63) is 24.2 Å². The summed E-state index contributed by atoms with van der Waals surface area (Å²) in [7, 11) is 1.59. The monoisotopic (exact) mass is 333 g/mol. The Balaban J connectivity index is 1.53. The quantitative estimate of drug-likeness (QED) is 0.813. The van der Waals surface area contributed by atoms with Gasteiger partial charge in [0.15, 0.2) is 5.76 Å². The van der Waals surface area contributed by atoms with Crippen molar-refractivity contribution in [2.24, 2.45) is 0 Å². The number of nitrogens with one attached hydrogen (secondary N) is 1. The van der Waals surface area contributed by atoms with Crippen molar-refractivity contribution < 1.29 is 23.5 Å². The van der Waals surface area contributed by atoms with Crippen LogP contribution in [-0.2, 0) is 14.3 Å². The van der Waals surface area contributed by atoms with Crippen molar-refractivity contribution in [2.75, 3.05) is 20.2 Å². The van der Waals surface area contributed by atoms with E-state index in [9.17, 15) is 14.4 Å². The van der Waals surface area contributed by atoms with E-state index >= 15 is 0 Å². The first-order chi connectivity index (χ1) is 11.6. The number of carbonyl (C=O) groups is 3. The highest BCUT2D eigenvalue weighted by Gasteiger charge is 2.55. The smallest absolute Gasteiger partial charge is 0.287 e. The molecule has 0 saturated carbocycles. The molecule has 0 spiro atoms. The van der Waals surface area contributed by atoms with E-state index in [4.69, 9.17) is 9.15 Å². The molecule has 3 aliphatic rings. The topological polar surface area (TPSA) is 92.1 Å². The number of hydrogen-bond donors (Lipinski definition) is 1. The van der Waals surface area contributed by atoms with E-state index in [1.165, 1.54) is 6.26 Å². The summed E-state index contributed by atoms with van der Waals surface area (Å²) < 4.78 is 10.4. The normalized spacial score (nSPS) is 32.0. The molecular formula is C16H19N3O5. The molecule has 3 fully saturated rings. The van der Waals surface area contributed by atoms with Crippen molar-refractivity contribution >= 4 is 17.7 Å². The largest absolute Gasteiger partial charge is 0.459 e. The van der Waals surface area contributed by atoms with E-state index in [0.29, 0.717) is 25.9 Å². The van der Waals surface area contributed by atoms with Gasteiger partial charge in [0.1, 0.15) is 12.1 Å². The van der Waals surface area contributed by atoms with Crippen LogP contribution in [0.5, 0.6) is 0 Å². The summed E-state index contributed by atoms with van der Waals surface area (Å²) in [6.07, 6.45) is 2.40. The molecule has 4 rings (SSSR count). The third-order valence-corrected chi connectivity index (χ3v) is 5.16. The first-order valence-corrected chi connectivity index (χ1v) is 8.08. The average molecular weight is 333 g/mol. The molecule has 3 saturated heterocycles. The van der Waals surface area contributed by atoms with Gasteiger partial charge in [0.2, 0.25) is 11.8 Å². The Bertz CT molecular complexity index is 673. The molecular weight excluding hydrogens is 314 g/mol. The van der Waals surface area contributed by atoms with E-state index < -0.39 is 18.1 Å². The maximum Gasteiger partial charge on any atom is 0.287 e. The van der Waals surface area contributed by atoms with Crippen LogP contribution >= 0.6 is 0 Å². The predicted octanol–water partition coefficient (Wildman–Crippen LogP) is -0.392. The van der Waals surface area contributed by atoms with Gasteiger partial charge in [-0.05, 0) is 18.6 Å². The van der Waals surface area contributed by atoms with Crippen molar-refractivity contribution in [1.82, 2.24) is 15.1 Å². The lowest BCUT2D eigenvalue weighted by molar-refractivity contribution is -0.157. The maximum absolute atomic E-state index is 12.9. The van der Waals surface area contributed by atoms with E-state index in [2.05, 4.69) is 5.32 Å². The molecule has 3 amide bonds. The molecule has 0 radical (unpaired) electrons. The van der Waals surface area contributed by atoms with Gasteiger partial charge >= 0.3 is 0 Å². The molecule has 24 heavy (non-hydrogen) atoms. The highest BCUT2D eigenvalue weighted by atomic mass is 16.5. The number of carbonyl (C=O) groups excluding carboxylic acids is 3. The van der Waals surface area contributed by atoms with Crippen LogP contribution in [0.2, 0.25) is 0 Å². The lowest BCUT2D eigenvalue weighted by Gasteiger charge is -2.40. The van der Waals surface area contributed by atoms with Gasteiger partial charge in [0.25, 0.3) is 5.91 Å². The zero-order valence-corrected chi connectivity index (χ0v) is 13.3. The van der Waals surface area contributed by atoms with Crippen LogP contribution < -0.4 is 5.32 Å². The summed E-state index contributed by atoms with van der Waals surface area (Å²) in [6.45, 7) is 0.898. The molecule has 0 aliphatic carbocycles. The number of hydrogen-bond acceptors (Lipinski definition) is 5. The molecule has 1 aromatic rings. The minimum atomic E-state index is -0.636. The number of fused-ring (bicyclic) bond motifs is 2. The summed E-state index contributed by atoms with van der Waals surface area (Å²) >= 11 is 0. The van der Waals surface area contributed by atoms with Crippen LogP contribution in [0.25, 0.3) is 0 Å². The fourth-order valence-electron chi connectivity index (χ4n) is 3.95. The second-order valence-electron chi connectivity index (χ2n) is 6.42.